The Hall–Kier alpha value is -2.98. The lowest BCUT2D eigenvalue weighted by Gasteiger charge is -2.44. The van der Waals surface area contributed by atoms with Gasteiger partial charge in [-0.15, -0.1) is 0 Å². The number of benzene rings is 1. The second-order valence-electron chi connectivity index (χ2n) is 16.3. The Bertz CT molecular complexity index is 1660. The molecule has 5 aliphatic rings. The molecule has 3 fully saturated rings. The summed E-state index contributed by atoms with van der Waals surface area (Å²) in [6, 6.07) is 6.92. The van der Waals surface area contributed by atoms with Crippen molar-refractivity contribution in [3.63, 3.8) is 0 Å². The van der Waals surface area contributed by atoms with Crippen LogP contribution < -0.4 is 32.0 Å². The van der Waals surface area contributed by atoms with Crippen LogP contribution >= 0.6 is 0 Å². The number of fused-ring (bicyclic) bond motifs is 10. The van der Waals surface area contributed by atoms with E-state index in [9.17, 15) is 5.41 Å². The number of hydrogen-bond acceptors (Lipinski definition) is 6. The highest BCUT2D eigenvalue weighted by molar-refractivity contribution is 5.51. The van der Waals surface area contributed by atoms with Gasteiger partial charge in [0.15, 0.2) is 0 Å². The molecule has 7 nitrogen and oxygen atoms in total. The van der Waals surface area contributed by atoms with Gasteiger partial charge in [-0.1, -0.05) is 50.5 Å². The standard InChI is InChI=1S/C39H58F3N7/c1-27-33(47-23-21-46(22-24-47)30-12-10-13-30)25-31-35(43)45-26-28-11-9-14-32(34(28)40)39(41,42)29-15-19-48(20-16-29)37(2,3)17-7-6-8-18-38(4,5)49(27)36(31)44/h9,11,14,25,29-30,44-45H,1,6-8,10,12-13,15-24,26,43H2,2-5H3/b35-31+,44-36?. The number of nitrogens with zero attached hydrogens (tertiary/aromatic N) is 4. The van der Waals surface area contributed by atoms with Crippen molar-refractivity contribution in [2.24, 2.45) is 11.7 Å². The number of alkyl halides is 2. The number of nitrogens with one attached hydrogen (secondary N) is 2. The first-order valence-corrected chi connectivity index (χ1v) is 18.6. The molecule has 0 amide bonds. The predicted molar refractivity (Wildman–Crippen MR) is 192 cm³/mol. The second kappa shape index (κ2) is 14.0. The van der Waals surface area contributed by atoms with Gasteiger partial charge in [0.05, 0.1) is 21.8 Å². The van der Waals surface area contributed by atoms with Gasteiger partial charge >= 0.3 is 0 Å². The molecule has 0 atom stereocenters. The first-order chi connectivity index (χ1) is 23.2. The molecular weight excluding hydrogens is 623 g/mol. The van der Waals surface area contributed by atoms with Crippen LogP contribution in [0.1, 0.15) is 103 Å². The average molecular weight is 682 g/mol. The monoisotopic (exact) mass is 681 g/mol. The fourth-order valence-electron chi connectivity index (χ4n) is 8.77. The minimum Gasteiger partial charge on any atom is -0.385 e. The third kappa shape index (κ3) is 7.14. The third-order valence-electron chi connectivity index (χ3n) is 12.3. The summed E-state index contributed by atoms with van der Waals surface area (Å²) in [5.41, 5.74) is 6.98. The number of anilines is 1. The van der Waals surface area contributed by atoms with Crippen LogP contribution in [-0.2, 0) is 18.0 Å². The minimum atomic E-state index is -3.28. The van der Waals surface area contributed by atoms with Crippen molar-refractivity contribution >= 4 is 18.1 Å². The maximum Gasteiger partial charge on any atom is 0.278 e. The zero-order valence-electron chi connectivity index (χ0n) is 30.2. The smallest absolute Gasteiger partial charge is 0.278 e. The lowest BCUT2D eigenvalue weighted by atomic mass is 9.83. The lowest BCUT2D eigenvalue weighted by Crippen LogP contribution is -2.57. The van der Waals surface area contributed by atoms with Crippen molar-refractivity contribution < 1.29 is 13.2 Å². The van der Waals surface area contributed by atoms with Gasteiger partial charge in [-0.25, -0.2) is 13.2 Å². The van der Waals surface area contributed by atoms with Gasteiger partial charge in [0.2, 0.25) is 0 Å². The summed E-state index contributed by atoms with van der Waals surface area (Å²) in [5, 5.41) is 13.9. The fourth-order valence-corrected chi connectivity index (χ4v) is 8.77. The topological polar surface area (TPSA) is 76.6 Å². The van der Waals surface area contributed by atoms with E-state index in [1.54, 1.807) is 0 Å². The van der Waals surface area contributed by atoms with Gasteiger partial charge in [0, 0.05) is 61.3 Å². The largest absolute Gasteiger partial charge is 0.385 e. The SMILES string of the molecule is C=c1c(N2CCN(C3CCC3)CC2)c/c2c(=N)n1C(C)(C)CCCCCC(C)(C)N1CCC(CC1)C(F)(F)c1cccc(c1F)CN/C=2N. The van der Waals surface area contributed by atoms with Crippen LogP contribution in [0.4, 0.5) is 18.9 Å². The zero-order chi connectivity index (χ0) is 35.1. The number of nitrogens with two attached hydrogens (primary N) is 1. The Morgan fingerprint density at radius 2 is 1.53 bits per heavy atom. The van der Waals surface area contributed by atoms with Crippen LogP contribution in [0.15, 0.2) is 24.3 Å². The normalized spacial score (nSPS) is 27.9. The number of aromatic nitrogens is 1. The Morgan fingerprint density at radius 1 is 0.878 bits per heavy atom. The number of piperidine rings is 1. The molecule has 4 aliphatic heterocycles. The van der Waals surface area contributed by atoms with E-state index < -0.39 is 28.8 Å². The molecule has 5 heterocycles. The number of halogens is 3. The van der Waals surface area contributed by atoms with E-state index in [0.29, 0.717) is 37.2 Å². The van der Waals surface area contributed by atoms with E-state index >= 15 is 13.2 Å². The van der Waals surface area contributed by atoms with Gasteiger partial charge in [0.1, 0.15) is 17.1 Å². The van der Waals surface area contributed by atoms with Crippen LogP contribution in [0.25, 0.3) is 12.4 Å². The summed E-state index contributed by atoms with van der Waals surface area (Å²) in [7, 11) is 0. The molecule has 270 valence electrons. The molecule has 0 spiro atoms. The van der Waals surface area contributed by atoms with E-state index in [-0.39, 0.29) is 29.0 Å². The van der Waals surface area contributed by atoms with E-state index in [2.05, 4.69) is 54.3 Å². The minimum absolute atomic E-state index is 0.0709. The van der Waals surface area contributed by atoms with E-state index in [1.165, 1.54) is 37.5 Å². The molecule has 10 heteroatoms. The molecule has 1 aliphatic carbocycles. The van der Waals surface area contributed by atoms with Crippen LogP contribution in [0.2, 0.25) is 0 Å². The van der Waals surface area contributed by atoms with Crippen LogP contribution in [0.5, 0.6) is 0 Å². The Morgan fingerprint density at radius 3 is 2.16 bits per heavy atom. The third-order valence-corrected chi connectivity index (χ3v) is 12.3. The highest BCUT2D eigenvalue weighted by atomic mass is 19.3. The van der Waals surface area contributed by atoms with Gasteiger partial charge in [-0.05, 0) is 85.4 Å². The quantitative estimate of drug-likeness (QED) is 0.402. The van der Waals surface area contributed by atoms with Crippen molar-refractivity contribution in [3.05, 3.63) is 57.3 Å². The fraction of sp³-hybridized carbons (Fsp3) is 0.667. The molecule has 2 aromatic rings. The summed E-state index contributed by atoms with van der Waals surface area (Å²) < 4.78 is 50.0. The van der Waals surface area contributed by atoms with Crippen LogP contribution in [-0.4, -0.2) is 65.2 Å². The molecule has 49 heavy (non-hydrogen) atoms. The van der Waals surface area contributed by atoms with Crippen molar-refractivity contribution in [1.29, 1.82) is 5.41 Å². The summed E-state index contributed by atoms with van der Waals surface area (Å²) in [4.78, 5) is 7.30. The molecule has 0 radical (unpaired) electrons. The number of hydrogen-bond donors (Lipinski definition) is 3. The Balaban J connectivity index is 1.39. The van der Waals surface area contributed by atoms with E-state index in [4.69, 9.17) is 5.73 Å². The van der Waals surface area contributed by atoms with Crippen molar-refractivity contribution in [2.75, 3.05) is 44.2 Å². The van der Waals surface area contributed by atoms with Gasteiger partial charge in [0.25, 0.3) is 5.92 Å². The van der Waals surface area contributed by atoms with Crippen molar-refractivity contribution in [3.8, 4) is 0 Å². The second-order valence-corrected chi connectivity index (χ2v) is 16.3. The first kappa shape index (κ1) is 35.8. The molecule has 7 rings (SSSR count). The maximum absolute atomic E-state index is 16.0. The predicted octanol–water partition coefficient (Wildman–Crippen LogP) is 5.29. The Kier molecular flexibility index (Phi) is 10.2. The summed E-state index contributed by atoms with van der Waals surface area (Å²) in [5.74, 6) is -4.86. The van der Waals surface area contributed by atoms with Crippen LogP contribution in [0.3, 0.4) is 0 Å². The van der Waals surface area contributed by atoms with Gasteiger partial charge in [-0.3, -0.25) is 15.2 Å². The molecule has 1 aromatic carbocycles. The number of pyridine rings is 1. The maximum atomic E-state index is 16.0. The lowest BCUT2D eigenvalue weighted by molar-refractivity contribution is -0.0959. The van der Waals surface area contributed by atoms with Gasteiger partial charge in [-0.2, -0.15) is 0 Å². The van der Waals surface area contributed by atoms with Gasteiger partial charge < -0.3 is 20.5 Å². The van der Waals surface area contributed by atoms with Crippen molar-refractivity contribution in [2.45, 2.75) is 121 Å². The molecule has 4 N–H and O–H groups in total. The zero-order valence-corrected chi connectivity index (χ0v) is 30.2. The van der Waals surface area contributed by atoms with Crippen molar-refractivity contribution in [1.82, 2.24) is 19.7 Å². The molecule has 2 saturated heterocycles. The highest BCUT2D eigenvalue weighted by Gasteiger charge is 2.46. The highest BCUT2D eigenvalue weighted by Crippen LogP contribution is 2.44. The summed E-state index contributed by atoms with van der Waals surface area (Å²) in [6.45, 7) is 18.1. The number of rotatable bonds is 2. The Labute approximate surface area is 290 Å². The molecule has 1 aromatic heterocycles. The summed E-state index contributed by atoms with van der Waals surface area (Å²) >= 11 is 0. The molecule has 6 bridgehead atoms. The summed E-state index contributed by atoms with van der Waals surface area (Å²) in [6.07, 6.45) is 9.46. The van der Waals surface area contributed by atoms with E-state index in [0.717, 1.165) is 69.3 Å². The van der Waals surface area contributed by atoms with E-state index in [1.807, 2.05) is 10.6 Å². The first-order valence-electron chi connectivity index (χ1n) is 18.6. The molecule has 1 saturated carbocycles. The average Bonchev–Trinajstić information content (AvgIpc) is 3.03. The molecule has 0 unspecified atom stereocenters. The number of piperazine rings is 1. The molecular formula is C39H58F3N7. The van der Waals surface area contributed by atoms with Crippen LogP contribution in [0, 0.1) is 17.1 Å².